The van der Waals surface area contributed by atoms with E-state index in [9.17, 15) is 9.90 Å². The van der Waals surface area contributed by atoms with Gasteiger partial charge in [-0.2, -0.15) is 0 Å². The first-order valence-corrected chi connectivity index (χ1v) is 7.09. The van der Waals surface area contributed by atoms with Gasteiger partial charge in [0.15, 0.2) is 0 Å². The lowest BCUT2D eigenvalue weighted by atomic mass is 10.1. The highest BCUT2D eigenvalue weighted by molar-refractivity contribution is 5.95. The molecule has 0 aliphatic carbocycles. The summed E-state index contributed by atoms with van der Waals surface area (Å²) in [6.45, 7) is 5.22. The van der Waals surface area contributed by atoms with Crippen molar-refractivity contribution in [2.24, 2.45) is 0 Å². The molecule has 4 heteroatoms. The molecule has 0 aromatic heterocycles. The number of β-amino-alcohol motifs (C(OH)–C–C–N with tert-alkyl or cyclic N) is 1. The number of carbonyl (C=O) groups is 1. The highest BCUT2D eigenvalue weighted by Crippen LogP contribution is 2.22. The van der Waals surface area contributed by atoms with Gasteiger partial charge in [-0.15, -0.1) is 0 Å². The average Bonchev–Trinajstić information content (AvgIpc) is 2.67. The smallest absolute Gasteiger partial charge is 0.254 e. The van der Waals surface area contributed by atoms with Gasteiger partial charge in [-0.1, -0.05) is 17.2 Å². The molecule has 2 rings (SSSR count). The van der Waals surface area contributed by atoms with E-state index in [-0.39, 0.29) is 11.9 Å². The van der Waals surface area contributed by atoms with Crippen LogP contribution in [0.3, 0.4) is 0 Å². The molecule has 4 nitrogen and oxygen atoms in total. The van der Waals surface area contributed by atoms with Crippen LogP contribution in [0.15, 0.2) is 18.2 Å². The number of hydrogen-bond donors (Lipinski definition) is 1. The Morgan fingerprint density at radius 2 is 1.90 bits per heavy atom. The largest absolute Gasteiger partial charge is 0.391 e. The standard InChI is InChI=1S/C16H24N2O2/c1-11-5-12(2)7-13(6-11)16(20)18-10-15(19)8-14(18)9-17(3)4/h5-7,14-15,19H,8-10H2,1-4H3. The van der Waals surface area contributed by atoms with Crippen molar-refractivity contribution in [3.8, 4) is 0 Å². The van der Waals surface area contributed by atoms with Gasteiger partial charge in [0.05, 0.1) is 6.10 Å². The summed E-state index contributed by atoms with van der Waals surface area (Å²) in [5, 5.41) is 9.88. The summed E-state index contributed by atoms with van der Waals surface area (Å²) in [6.07, 6.45) is 0.254. The first kappa shape index (κ1) is 15.0. The molecular formula is C16H24N2O2. The van der Waals surface area contributed by atoms with Crippen molar-refractivity contribution in [3.63, 3.8) is 0 Å². The minimum Gasteiger partial charge on any atom is -0.391 e. The molecule has 1 amide bonds. The fourth-order valence-corrected chi connectivity index (χ4v) is 3.00. The Balaban J connectivity index is 2.22. The number of aliphatic hydroxyl groups is 1. The van der Waals surface area contributed by atoms with Gasteiger partial charge < -0.3 is 14.9 Å². The van der Waals surface area contributed by atoms with E-state index < -0.39 is 6.10 Å². The normalized spacial score (nSPS) is 22.6. The molecule has 1 aliphatic rings. The summed E-state index contributed by atoms with van der Waals surface area (Å²) < 4.78 is 0. The molecule has 0 saturated carbocycles. The first-order valence-electron chi connectivity index (χ1n) is 7.09. The molecule has 0 radical (unpaired) electrons. The highest BCUT2D eigenvalue weighted by atomic mass is 16.3. The van der Waals surface area contributed by atoms with Crippen LogP contribution in [0.1, 0.15) is 27.9 Å². The average molecular weight is 276 g/mol. The number of benzene rings is 1. The molecule has 1 aliphatic heterocycles. The number of hydrogen-bond acceptors (Lipinski definition) is 3. The van der Waals surface area contributed by atoms with Crippen molar-refractivity contribution in [1.82, 2.24) is 9.80 Å². The molecule has 0 spiro atoms. The predicted octanol–water partition coefficient (Wildman–Crippen LogP) is 1.44. The summed E-state index contributed by atoms with van der Waals surface area (Å²) in [5.74, 6) is 0.0280. The summed E-state index contributed by atoms with van der Waals surface area (Å²) in [7, 11) is 3.98. The number of likely N-dealkylation sites (N-methyl/N-ethyl adjacent to an activating group) is 1. The number of nitrogens with zero attached hydrogens (tertiary/aromatic N) is 2. The first-order chi connectivity index (χ1) is 9.36. The second kappa shape index (κ2) is 5.94. The molecular weight excluding hydrogens is 252 g/mol. The number of carbonyl (C=O) groups excluding carboxylic acids is 1. The third-order valence-electron chi connectivity index (χ3n) is 3.70. The summed E-state index contributed by atoms with van der Waals surface area (Å²) in [5.41, 5.74) is 2.91. The van der Waals surface area contributed by atoms with Gasteiger partial charge >= 0.3 is 0 Å². The lowest BCUT2D eigenvalue weighted by Gasteiger charge is -2.27. The summed E-state index contributed by atoms with van der Waals surface area (Å²) >= 11 is 0. The van der Waals surface area contributed by atoms with E-state index in [1.54, 1.807) is 0 Å². The predicted molar refractivity (Wildman–Crippen MR) is 79.9 cm³/mol. The molecule has 2 atom stereocenters. The Kier molecular flexibility index (Phi) is 4.45. The van der Waals surface area contributed by atoms with Crippen molar-refractivity contribution < 1.29 is 9.90 Å². The highest BCUT2D eigenvalue weighted by Gasteiger charge is 2.34. The van der Waals surface area contributed by atoms with Crippen LogP contribution in [-0.2, 0) is 0 Å². The fraction of sp³-hybridized carbons (Fsp3) is 0.562. The Labute approximate surface area is 121 Å². The van der Waals surface area contributed by atoms with E-state index >= 15 is 0 Å². The molecule has 0 bridgehead atoms. The number of likely N-dealkylation sites (tertiary alicyclic amines) is 1. The number of aliphatic hydroxyl groups excluding tert-OH is 1. The third-order valence-corrected chi connectivity index (χ3v) is 3.70. The van der Waals surface area contributed by atoms with E-state index in [4.69, 9.17) is 0 Å². The van der Waals surface area contributed by atoms with Crippen molar-refractivity contribution in [2.75, 3.05) is 27.2 Å². The lowest BCUT2D eigenvalue weighted by Crippen LogP contribution is -2.41. The van der Waals surface area contributed by atoms with E-state index in [2.05, 4.69) is 11.0 Å². The van der Waals surface area contributed by atoms with Crippen molar-refractivity contribution in [2.45, 2.75) is 32.4 Å². The quantitative estimate of drug-likeness (QED) is 0.908. The van der Waals surface area contributed by atoms with Gasteiger partial charge in [-0.25, -0.2) is 0 Å². The molecule has 110 valence electrons. The van der Waals surface area contributed by atoms with Crippen LogP contribution in [0.5, 0.6) is 0 Å². The molecule has 1 fully saturated rings. The maximum Gasteiger partial charge on any atom is 0.254 e. The molecule has 2 unspecified atom stereocenters. The van der Waals surface area contributed by atoms with Gasteiger partial charge in [0.25, 0.3) is 5.91 Å². The Hall–Kier alpha value is -1.39. The second-order valence-electron chi connectivity index (χ2n) is 6.14. The fourth-order valence-electron chi connectivity index (χ4n) is 3.00. The lowest BCUT2D eigenvalue weighted by molar-refractivity contribution is 0.0699. The van der Waals surface area contributed by atoms with E-state index in [1.165, 1.54) is 0 Å². The number of rotatable bonds is 3. The van der Waals surface area contributed by atoms with Crippen LogP contribution in [-0.4, -0.2) is 60.1 Å². The zero-order valence-electron chi connectivity index (χ0n) is 12.8. The van der Waals surface area contributed by atoms with Gasteiger partial charge in [0, 0.05) is 24.7 Å². The van der Waals surface area contributed by atoms with Gasteiger partial charge in [0.2, 0.25) is 0 Å². The van der Waals surface area contributed by atoms with Gasteiger partial charge in [0.1, 0.15) is 0 Å². The van der Waals surface area contributed by atoms with Gasteiger partial charge in [-0.05, 0) is 46.5 Å². The number of amides is 1. The van der Waals surface area contributed by atoms with Crippen LogP contribution in [0.25, 0.3) is 0 Å². The minimum atomic E-state index is -0.408. The Bertz CT molecular complexity index is 479. The molecule has 20 heavy (non-hydrogen) atoms. The Morgan fingerprint density at radius 3 is 2.45 bits per heavy atom. The monoisotopic (exact) mass is 276 g/mol. The minimum absolute atomic E-state index is 0.0280. The van der Waals surface area contributed by atoms with Crippen molar-refractivity contribution >= 4 is 5.91 Å². The maximum absolute atomic E-state index is 12.7. The van der Waals surface area contributed by atoms with Gasteiger partial charge in [-0.3, -0.25) is 4.79 Å². The summed E-state index contributed by atoms with van der Waals surface area (Å²) in [6, 6.07) is 6.00. The maximum atomic E-state index is 12.7. The molecule has 1 N–H and O–H groups in total. The number of aryl methyl sites for hydroxylation is 2. The van der Waals surface area contributed by atoms with Crippen LogP contribution >= 0.6 is 0 Å². The molecule has 1 aromatic rings. The van der Waals surface area contributed by atoms with Crippen molar-refractivity contribution in [1.29, 1.82) is 0 Å². The van der Waals surface area contributed by atoms with E-state index in [0.717, 1.165) is 23.2 Å². The summed E-state index contributed by atoms with van der Waals surface area (Å²) in [4.78, 5) is 16.6. The molecule has 1 saturated heterocycles. The topological polar surface area (TPSA) is 43.8 Å². The van der Waals surface area contributed by atoms with Crippen LogP contribution in [0.2, 0.25) is 0 Å². The van der Waals surface area contributed by atoms with Crippen molar-refractivity contribution in [3.05, 3.63) is 34.9 Å². The zero-order chi connectivity index (χ0) is 14.9. The second-order valence-corrected chi connectivity index (χ2v) is 6.14. The third kappa shape index (κ3) is 3.38. The SMILES string of the molecule is Cc1cc(C)cc(C(=O)N2CC(O)CC2CN(C)C)c1. The molecule has 1 aromatic carbocycles. The molecule has 1 heterocycles. The van der Waals surface area contributed by atoms with Crippen LogP contribution < -0.4 is 0 Å². The van der Waals surface area contributed by atoms with Crippen LogP contribution in [0.4, 0.5) is 0 Å². The zero-order valence-corrected chi connectivity index (χ0v) is 12.8. The van der Waals surface area contributed by atoms with E-state index in [1.807, 2.05) is 45.0 Å². The van der Waals surface area contributed by atoms with E-state index in [0.29, 0.717) is 13.0 Å². The Morgan fingerprint density at radius 1 is 1.30 bits per heavy atom. The van der Waals surface area contributed by atoms with Crippen LogP contribution in [0, 0.1) is 13.8 Å².